The van der Waals surface area contributed by atoms with Crippen molar-refractivity contribution in [2.75, 3.05) is 0 Å². The molecule has 0 N–H and O–H groups in total. The van der Waals surface area contributed by atoms with Crippen LogP contribution in [-0.2, 0) is 0 Å². The van der Waals surface area contributed by atoms with Crippen molar-refractivity contribution in [2.45, 2.75) is 31.0 Å². The zero-order valence-corrected chi connectivity index (χ0v) is 6.04. The third kappa shape index (κ3) is 1.16. The van der Waals surface area contributed by atoms with Crippen LogP contribution in [0.3, 0.4) is 0 Å². The first-order valence-electron chi connectivity index (χ1n) is 2.99. The number of thioether (sulfide) groups is 1. The highest BCUT2D eigenvalue weighted by atomic mass is 32.2. The molecule has 1 saturated heterocycles. The van der Waals surface area contributed by atoms with E-state index in [1.54, 1.807) is 0 Å². The molecule has 0 spiro atoms. The fourth-order valence-corrected chi connectivity index (χ4v) is 2.28. The normalized spacial score (nSPS) is 47.6. The third-order valence-electron chi connectivity index (χ3n) is 1.51. The summed E-state index contributed by atoms with van der Waals surface area (Å²) in [6.07, 6.45) is 1.05. The molecular formula is C6H11FS. The molecule has 3 atom stereocenters. The van der Waals surface area contributed by atoms with E-state index in [9.17, 15) is 4.39 Å². The van der Waals surface area contributed by atoms with Crippen molar-refractivity contribution in [3.63, 3.8) is 0 Å². The van der Waals surface area contributed by atoms with Gasteiger partial charge in [0.2, 0.25) is 0 Å². The van der Waals surface area contributed by atoms with Gasteiger partial charge in [0.25, 0.3) is 0 Å². The van der Waals surface area contributed by atoms with E-state index >= 15 is 0 Å². The lowest BCUT2D eigenvalue weighted by Gasteiger charge is -1.99. The van der Waals surface area contributed by atoms with E-state index in [0.717, 1.165) is 6.42 Å². The van der Waals surface area contributed by atoms with Gasteiger partial charge >= 0.3 is 0 Å². The largest absolute Gasteiger partial charge is 0.235 e. The molecule has 0 aromatic heterocycles. The molecule has 1 fully saturated rings. The average molecular weight is 134 g/mol. The Kier molecular flexibility index (Phi) is 1.81. The van der Waals surface area contributed by atoms with Gasteiger partial charge in [-0.3, -0.25) is 0 Å². The Hall–Kier alpha value is 0.280. The fraction of sp³-hybridized carbons (Fsp3) is 1.00. The Bertz CT molecular complexity index is 74.6. The average Bonchev–Trinajstić information content (AvgIpc) is 1.85. The molecule has 0 nitrogen and oxygen atoms in total. The lowest BCUT2D eigenvalue weighted by molar-refractivity contribution is 0.350. The number of hydrogen-bond acceptors (Lipinski definition) is 1. The predicted molar refractivity (Wildman–Crippen MR) is 35.7 cm³/mol. The van der Waals surface area contributed by atoms with Crippen LogP contribution in [0.15, 0.2) is 0 Å². The minimum atomic E-state index is -0.593. The van der Waals surface area contributed by atoms with Crippen molar-refractivity contribution in [2.24, 2.45) is 5.92 Å². The van der Waals surface area contributed by atoms with Crippen LogP contribution in [0.2, 0.25) is 0 Å². The van der Waals surface area contributed by atoms with Gasteiger partial charge in [-0.2, -0.15) is 0 Å². The Balaban J connectivity index is 2.39. The van der Waals surface area contributed by atoms with Gasteiger partial charge in [0, 0.05) is 5.25 Å². The predicted octanol–water partition coefficient (Wildman–Crippen LogP) is 2.44. The molecule has 1 aliphatic heterocycles. The van der Waals surface area contributed by atoms with Crippen molar-refractivity contribution in [1.29, 1.82) is 0 Å². The molecule has 48 valence electrons. The Labute approximate surface area is 53.8 Å². The Morgan fingerprint density at radius 3 is 2.25 bits per heavy atom. The van der Waals surface area contributed by atoms with Gasteiger partial charge < -0.3 is 0 Å². The topological polar surface area (TPSA) is 0 Å². The van der Waals surface area contributed by atoms with Crippen LogP contribution in [0.5, 0.6) is 0 Å². The van der Waals surface area contributed by atoms with Crippen LogP contribution in [0.4, 0.5) is 4.39 Å². The van der Waals surface area contributed by atoms with Crippen LogP contribution in [0.25, 0.3) is 0 Å². The van der Waals surface area contributed by atoms with Crippen molar-refractivity contribution in [3.05, 3.63) is 0 Å². The highest BCUT2D eigenvalue weighted by molar-refractivity contribution is 8.00. The molecule has 8 heavy (non-hydrogen) atoms. The van der Waals surface area contributed by atoms with Crippen molar-refractivity contribution in [1.82, 2.24) is 0 Å². The summed E-state index contributed by atoms with van der Waals surface area (Å²) < 4.78 is 12.5. The molecule has 0 bridgehead atoms. The zero-order chi connectivity index (χ0) is 6.15. The molecular weight excluding hydrogens is 123 g/mol. The third-order valence-corrected chi connectivity index (χ3v) is 2.90. The second-order valence-corrected chi connectivity index (χ2v) is 4.04. The van der Waals surface area contributed by atoms with Gasteiger partial charge in [-0.25, -0.2) is 4.39 Å². The molecule has 2 heteroatoms. The molecule has 1 aliphatic rings. The van der Waals surface area contributed by atoms with Crippen molar-refractivity contribution in [3.8, 4) is 0 Å². The van der Waals surface area contributed by atoms with E-state index in [1.807, 2.05) is 6.92 Å². The van der Waals surface area contributed by atoms with Crippen LogP contribution in [0, 0.1) is 5.92 Å². The lowest BCUT2D eigenvalue weighted by atomic mass is 10.1. The van der Waals surface area contributed by atoms with Gasteiger partial charge in [-0.1, -0.05) is 13.8 Å². The van der Waals surface area contributed by atoms with Crippen LogP contribution in [0.1, 0.15) is 20.3 Å². The minimum absolute atomic E-state index is 0.287. The summed E-state index contributed by atoms with van der Waals surface area (Å²) in [6.45, 7) is 4.06. The van der Waals surface area contributed by atoms with E-state index in [2.05, 4.69) is 6.92 Å². The molecule has 1 rings (SSSR count). The van der Waals surface area contributed by atoms with Crippen molar-refractivity contribution < 1.29 is 4.39 Å². The highest BCUT2D eigenvalue weighted by Gasteiger charge is 2.28. The maximum absolute atomic E-state index is 12.5. The van der Waals surface area contributed by atoms with Gasteiger partial charge in [0.15, 0.2) is 0 Å². The summed E-state index contributed by atoms with van der Waals surface area (Å²) in [5.41, 5.74) is -0.593. The van der Waals surface area contributed by atoms with Crippen LogP contribution >= 0.6 is 11.8 Å². The maximum Gasteiger partial charge on any atom is 0.148 e. The molecule has 3 unspecified atom stereocenters. The summed E-state index contributed by atoms with van der Waals surface area (Å²) in [4.78, 5) is 0. The van der Waals surface area contributed by atoms with E-state index in [0.29, 0.717) is 5.25 Å². The monoisotopic (exact) mass is 134 g/mol. The Morgan fingerprint density at radius 1 is 1.50 bits per heavy atom. The first-order valence-corrected chi connectivity index (χ1v) is 3.94. The summed E-state index contributed by atoms with van der Waals surface area (Å²) in [7, 11) is 0. The van der Waals surface area contributed by atoms with E-state index < -0.39 is 5.50 Å². The summed E-state index contributed by atoms with van der Waals surface area (Å²) in [5, 5.41) is 0.542. The number of hydrogen-bond donors (Lipinski definition) is 0. The van der Waals surface area contributed by atoms with Crippen LogP contribution in [-0.4, -0.2) is 10.8 Å². The molecule has 0 aromatic carbocycles. The SMILES string of the molecule is CC1CC(C)C(F)S1. The molecule has 1 heterocycles. The summed E-state index contributed by atoms with van der Waals surface area (Å²) >= 11 is 1.46. The molecule has 0 amide bonds. The number of halogens is 1. The maximum atomic E-state index is 12.5. The Morgan fingerprint density at radius 2 is 2.12 bits per heavy atom. The quantitative estimate of drug-likeness (QED) is 0.490. The second kappa shape index (κ2) is 2.26. The number of alkyl halides is 1. The van der Waals surface area contributed by atoms with E-state index in [-0.39, 0.29) is 5.92 Å². The number of rotatable bonds is 0. The molecule has 0 aliphatic carbocycles. The van der Waals surface area contributed by atoms with Crippen LogP contribution < -0.4 is 0 Å². The minimum Gasteiger partial charge on any atom is -0.235 e. The summed E-state index contributed by atoms with van der Waals surface area (Å²) in [5.74, 6) is 0.287. The highest BCUT2D eigenvalue weighted by Crippen LogP contribution is 2.38. The zero-order valence-electron chi connectivity index (χ0n) is 5.23. The molecule has 0 radical (unpaired) electrons. The second-order valence-electron chi connectivity index (χ2n) is 2.51. The van der Waals surface area contributed by atoms with Gasteiger partial charge in [0.05, 0.1) is 0 Å². The van der Waals surface area contributed by atoms with Crippen molar-refractivity contribution >= 4 is 11.8 Å². The van der Waals surface area contributed by atoms with E-state index in [4.69, 9.17) is 0 Å². The lowest BCUT2D eigenvalue weighted by Crippen LogP contribution is -1.98. The first-order chi connectivity index (χ1) is 3.70. The smallest absolute Gasteiger partial charge is 0.148 e. The van der Waals surface area contributed by atoms with Gasteiger partial charge in [0.1, 0.15) is 5.50 Å². The fourth-order valence-electron chi connectivity index (χ4n) is 1.04. The molecule has 0 aromatic rings. The standard InChI is InChI=1S/C6H11FS/c1-4-3-5(2)8-6(4)7/h4-6H,3H2,1-2H3. The van der Waals surface area contributed by atoms with E-state index in [1.165, 1.54) is 11.8 Å². The first kappa shape index (κ1) is 6.40. The van der Waals surface area contributed by atoms with Gasteiger partial charge in [-0.15, -0.1) is 11.8 Å². The molecule has 0 saturated carbocycles. The summed E-state index contributed by atoms with van der Waals surface area (Å²) in [6, 6.07) is 0. The van der Waals surface area contributed by atoms with Gasteiger partial charge in [-0.05, 0) is 12.3 Å².